The van der Waals surface area contributed by atoms with Crippen LogP contribution in [-0.4, -0.2) is 61.4 Å². The lowest BCUT2D eigenvalue weighted by Crippen LogP contribution is -2.37. The first-order valence-electron chi connectivity index (χ1n) is 10.2. The predicted molar refractivity (Wildman–Crippen MR) is 124 cm³/mol. The number of hydrogen-bond donors (Lipinski definition) is 4. The summed E-state index contributed by atoms with van der Waals surface area (Å²) in [6.07, 6.45) is 0.155. The molecule has 4 N–H and O–H groups in total. The highest BCUT2D eigenvalue weighted by Gasteiger charge is 2.51. The first-order valence-corrected chi connectivity index (χ1v) is 11.3. The molecule has 3 aromatic rings. The van der Waals surface area contributed by atoms with E-state index in [2.05, 4.69) is 60.3 Å². The summed E-state index contributed by atoms with van der Waals surface area (Å²) in [5, 5.41) is 27.2. The van der Waals surface area contributed by atoms with Crippen molar-refractivity contribution in [3.05, 3.63) is 46.1 Å². The molecule has 0 saturated heterocycles. The van der Waals surface area contributed by atoms with Gasteiger partial charge in [-0.05, 0) is 17.9 Å². The van der Waals surface area contributed by atoms with E-state index in [9.17, 15) is 15.0 Å². The van der Waals surface area contributed by atoms with Gasteiger partial charge < -0.3 is 25.4 Å². The predicted octanol–water partition coefficient (Wildman–Crippen LogP) is 1.36. The van der Waals surface area contributed by atoms with Crippen LogP contribution in [0.1, 0.15) is 18.5 Å². The van der Waals surface area contributed by atoms with Crippen LogP contribution in [0.4, 0.5) is 5.82 Å². The minimum atomic E-state index is -1.17. The van der Waals surface area contributed by atoms with Crippen LogP contribution in [0.2, 0.25) is 0 Å². The number of fused-ring (bicyclic) bond motifs is 1. The van der Waals surface area contributed by atoms with Crippen molar-refractivity contribution in [1.82, 2.24) is 24.8 Å². The number of hydrogen-bond acceptors (Lipinski definition) is 7. The third kappa shape index (κ3) is 4.11. The average Bonchev–Trinajstić information content (AvgIpc) is 3.26. The Hall–Kier alpha value is -2.31. The van der Waals surface area contributed by atoms with E-state index >= 15 is 0 Å². The maximum Gasteiger partial charge on any atom is 0.225 e. The Morgan fingerprint density at radius 1 is 1.19 bits per heavy atom. The third-order valence-corrected chi connectivity index (χ3v) is 6.47. The first kappa shape index (κ1) is 21.9. The molecule has 164 valence electrons. The molecule has 2 unspecified atom stereocenters. The normalized spacial score (nSPS) is 25.6. The summed E-state index contributed by atoms with van der Waals surface area (Å²) in [7, 11) is 1.52. The number of aliphatic hydroxyl groups excluding tert-OH is 2. The van der Waals surface area contributed by atoms with Crippen LogP contribution < -0.4 is 10.6 Å². The molecule has 10 heteroatoms. The lowest BCUT2D eigenvalue weighted by molar-refractivity contribution is -0.129. The van der Waals surface area contributed by atoms with Crippen LogP contribution in [0.15, 0.2) is 36.7 Å². The molecule has 9 nitrogen and oxygen atoms in total. The number of aromatic nitrogens is 4. The van der Waals surface area contributed by atoms with E-state index in [-0.39, 0.29) is 11.8 Å². The second kappa shape index (κ2) is 9.05. The van der Waals surface area contributed by atoms with E-state index in [1.807, 2.05) is 25.1 Å². The lowest BCUT2D eigenvalue weighted by Gasteiger charge is -2.22. The smallest absolute Gasteiger partial charge is 0.225 e. The molecule has 0 radical (unpaired) electrons. The molecule has 31 heavy (non-hydrogen) atoms. The molecule has 0 spiro atoms. The number of aliphatic hydroxyl groups is 2. The fraction of sp³-hybridized carbons (Fsp3) is 0.429. The minimum Gasteiger partial charge on any atom is -0.390 e. The lowest BCUT2D eigenvalue weighted by atomic mass is 9.94. The van der Waals surface area contributed by atoms with Gasteiger partial charge in [-0.2, -0.15) is 0 Å². The number of nitrogens with one attached hydrogen (secondary N) is 2. The Kier molecular flexibility index (Phi) is 6.39. The van der Waals surface area contributed by atoms with Gasteiger partial charge in [0.05, 0.1) is 24.4 Å². The number of benzene rings is 1. The Morgan fingerprint density at radius 3 is 2.65 bits per heavy atom. The fourth-order valence-corrected chi connectivity index (χ4v) is 4.90. The molecular weight excluding hydrogens is 511 g/mol. The van der Waals surface area contributed by atoms with Gasteiger partial charge in [0.1, 0.15) is 6.10 Å². The van der Waals surface area contributed by atoms with Gasteiger partial charge in [0, 0.05) is 36.2 Å². The summed E-state index contributed by atoms with van der Waals surface area (Å²) >= 11 is 2.05. The summed E-state index contributed by atoms with van der Waals surface area (Å²) in [5.41, 5.74) is 2.37. The van der Waals surface area contributed by atoms with Crippen LogP contribution in [0, 0.1) is 15.7 Å². The quantitative estimate of drug-likeness (QED) is 0.277. The molecule has 1 amide bonds. The van der Waals surface area contributed by atoms with Gasteiger partial charge in [-0.3, -0.25) is 4.79 Å². The standard InChI is InChI=1S/C21H25IN6O3/c1-11-13(20(31)23-2)16(29)17(30)15(11)28-10-25-14-18(26-21(22)27-19(14)28)24-9-8-12-6-4-3-5-7-12/h3-7,10-11,13,15-17,29-30H,8-9H2,1-2H3,(H,23,31)(H,24,26,27)/t11?,13-,15+,16+,17?/m0/s1. The van der Waals surface area contributed by atoms with Gasteiger partial charge in [-0.1, -0.05) is 37.3 Å². The van der Waals surface area contributed by atoms with Gasteiger partial charge in [-0.15, -0.1) is 0 Å². The maximum absolute atomic E-state index is 12.3. The molecule has 0 aliphatic heterocycles. The van der Waals surface area contributed by atoms with Crippen LogP contribution in [0.25, 0.3) is 11.2 Å². The van der Waals surface area contributed by atoms with Gasteiger partial charge in [0.15, 0.2) is 20.8 Å². The molecule has 0 bridgehead atoms. The molecule has 4 rings (SSSR count). The van der Waals surface area contributed by atoms with Crippen molar-refractivity contribution in [3.8, 4) is 0 Å². The van der Waals surface area contributed by atoms with Crippen molar-refractivity contribution >= 4 is 45.5 Å². The van der Waals surface area contributed by atoms with Crippen molar-refractivity contribution in [2.24, 2.45) is 11.8 Å². The summed E-state index contributed by atoms with van der Waals surface area (Å²) in [5.74, 6) is -0.706. The summed E-state index contributed by atoms with van der Waals surface area (Å²) < 4.78 is 2.29. The monoisotopic (exact) mass is 536 g/mol. The Balaban J connectivity index is 1.62. The minimum absolute atomic E-state index is 0.293. The molecular formula is C21H25IN6O3. The highest BCUT2D eigenvalue weighted by molar-refractivity contribution is 14.1. The Morgan fingerprint density at radius 2 is 1.94 bits per heavy atom. The van der Waals surface area contributed by atoms with E-state index in [0.29, 0.717) is 27.4 Å². The zero-order valence-corrected chi connectivity index (χ0v) is 19.4. The van der Waals surface area contributed by atoms with Crippen molar-refractivity contribution in [3.63, 3.8) is 0 Å². The zero-order valence-electron chi connectivity index (χ0n) is 17.2. The Bertz CT molecular complexity index is 1080. The molecule has 1 aliphatic carbocycles. The van der Waals surface area contributed by atoms with Crippen molar-refractivity contribution in [2.45, 2.75) is 31.6 Å². The van der Waals surface area contributed by atoms with Crippen LogP contribution >= 0.6 is 22.6 Å². The van der Waals surface area contributed by atoms with Gasteiger partial charge in [0.2, 0.25) is 5.91 Å². The van der Waals surface area contributed by atoms with Crippen LogP contribution in [-0.2, 0) is 11.2 Å². The van der Waals surface area contributed by atoms with E-state index in [1.54, 1.807) is 10.9 Å². The van der Waals surface area contributed by atoms with Gasteiger partial charge in [0.25, 0.3) is 0 Å². The highest BCUT2D eigenvalue weighted by Crippen LogP contribution is 2.42. The van der Waals surface area contributed by atoms with Crippen molar-refractivity contribution in [2.75, 3.05) is 18.9 Å². The molecule has 5 atom stereocenters. The second-order valence-corrected chi connectivity index (χ2v) is 8.76. The van der Waals surface area contributed by atoms with Crippen LogP contribution in [0.3, 0.4) is 0 Å². The molecule has 1 aliphatic rings. The number of carbonyl (C=O) groups is 1. The number of carbonyl (C=O) groups excluding carboxylic acids is 1. The molecule has 1 aromatic carbocycles. The first-order chi connectivity index (χ1) is 14.9. The fourth-order valence-electron chi connectivity index (χ4n) is 4.43. The molecule has 1 saturated carbocycles. The number of amides is 1. The second-order valence-electron chi connectivity index (χ2n) is 7.80. The number of imidazole rings is 1. The summed E-state index contributed by atoms with van der Waals surface area (Å²) in [6, 6.07) is 9.63. The summed E-state index contributed by atoms with van der Waals surface area (Å²) in [4.78, 5) is 25.8. The van der Waals surface area contributed by atoms with E-state index in [4.69, 9.17) is 0 Å². The highest BCUT2D eigenvalue weighted by atomic mass is 127. The number of halogens is 1. The maximum atomic E-state index is 12.3. The molecule has 2 aromatic heterocycles. The van der Waals surface area contributed by atoms with Crippen molar-refractivity contribution < 1.29 is 15.0 Å². The molecule has 1 fully saturated rings. The van der Waals surface area contributed by atoms with Gasteiger partial charge >= 0.3 is 0 Å². The number of nitrogens with zero attached hydrogens (tertiary/aromatic N) is 4. The zero-order chi connectivity index (χ0) is 22.1. The van der Waals surface area contributed by atoms with Crippen molar-refractivity contribution in [1.29, 1.82) is 0 Å². The third-order valence-electron chi connectivity index (χ3n) is 5.99. The molecule has 2 heterocycles. The SMILES string of the molecule is CNC(=O)[C@H]1C(C)[C@@H](n2cnc3c(NCCc4ccccc4)nc(I)nc32)C(O)[C@@H]1O. The average molecular weight is 536 g/mol. The van der Waals surface area contributed by atoms with E-state index in [0.717, 1.165) is 6.42 Å². The number of rotatable bonds is 6. The topological polar surface area (TPSA) is 125 Å². The van der Waals surface area contributed by atoms with E-state index in [1.165, 1.54) is 12.6 Å². The largest absolute Gasteiger partial charge is 0.390 e. The van der Waals surface area contributed by atoms with E-state index < -0.39 is 24.2 Å². The summed E-state index contributed by atoms with van der Waals surface area (Å²) in [6.45, 7) is 2.53. The number of anilines is 1. The van der Waals surface area contributed by atoms with Crippen LogP contribution in [0.5, 0.6) is 0 Å². The Labute approximate surface area is 193 Å². The van der Waals surface area contributed by atoms with Gasteiger partial charge in [-0.25, -0.2) is 15.0 Å².